The van der Waals surface area contributed by atoms with Gasteiger partial charge in [0, 0.05) is 43.6 Å². The van der Waals surface area contributed by atoms with Gasteiger partial charge in [0.2, 0.25) is 0 Å². The van der Waals surface area contributed by atoms with Crippen molar-refractivity contribution in [3.8, 4) is 34.3 Å². The van der Waals surface area contributed by atoms with Gasteiger partial charge in [-0.3, -0.25) is 0 Å². The number of nitriles is 1. The van der Waals surface area contributed by atoms with Crippen molar-refractivity contribution in [3.05, 3.63) is 187 Å². The minimum Gasteiger partial charge on any atom is -0.309 e. The average Bonchev–Trinajstić information content (AvgIpc) is 3.97. The molecule has 4 heteroatoms. The lowest BCUT2D eigenvalue weighted by molar-refractivity contribution is -0.00517. The fraction of sp³-hybridized carbons (Fsp3) is 0.169. The molecule has 0 radical (unpaired) electrons. The SMILES string of the molecule is N#Cc1ccc(-n2c3ccccc3c3c(-n4c5ccccc5c5ccccc54)cccc32)c(-c2cc(-n3c4ccccc4c4ccccc43)cc(C34CC5CC(CC(C5)C3)C4)c2)c1. The van der Waals surface area contributed by atoms with Crippen molar-refractivity contribution in [2.24, 2.45) is 17.8 Å². The predicted molar refractivity (Wildman–Crippen MR) is 259 cm³/mol. The molecule has 4 bridgehead atoms. The highest BCUT2D eigenvalue weighted by Gasteiger charge is 2.51. The van der Waals surface area contributed by atoms with Crippen LogP contribution in [0, 0.1) is 29.1 Å². The maximum atomic E-state index is 10.6. The molecule has 4 aliphatic rings. The average molecular weight is 809 g/mol. The number of para-hydroxylation sites is 5. The topological polar surface area (TPSA) is 38.6 Å². The molecule has 15 rings (SSSR count). The van der Waals surface area contributed by atoms with E-state index >= 15 is 0 Å². The van der Waals surface area contributed by atoms with E-state index in [0.29, 0.717) is 5.56 Å². The van der Waals surface area contributed by atoms with Crippen molar-refractivity contribution in [2.45, 2.75) is 43.9 Å². The molecule has 3 aromatic heterocycles. The van der Waals surface area contributed by atoms with Crippen LogP contribution in [-0.2, 0) is 5.41 Å². The van der Waals surface area contributed by atoms with Crippen LogP contribution >= 0.6 is 0 Å². The zero-order chi connectivity index (χ0) is 41.4. The minimum absolute atomic E-state index is 0.162. The number of hydrogen-bond acceptors (Lipinski definition) is 1. The summed E-state index contributed by atoms with van der Waals surface area (Å²) in [5.74, 6) is 2.45. The minimum atomic E-state index is 0.162. The van der Waals surface area contributed by atoms with Gasteiger partial charge >= 0.3 is 0 Å². The van der Waals surface area contributed by atoms with Crippen LogP contribution in [-0.4, -0.2) is 13.7 Å². The van der Waals surface area contributed by atoms with Gasteiger partial charge in [0.1, 0.15) is 0 Å². The van der Waals surface area contributed by atoms with Crippen LogP contribution in [0.25, 0.3) is 93.6 Å². The van der Waals surface area contributed by atoms with Crippen molar-refractivity contribution in [1.29, 1.82) is 5.26 Å². The van der Waals surface area contributed by atoms with Crippen LogP contribution in [0.3, 0.4) is 0 Å². The van der Waals surface area contributed by atoms with Gasteiger partial charge in [0.25, 0.3) is 0 Å². The van der Waals surface area contributed by atoms with E-state index in [1.807, 2.05) is 6.07 Å². The molecule has 0 atom stereocenters. The number of nitrogens with zero attached hydrogens (tertiary/aromatic N) is 4. The van der Waals surface area contributed by atoms with Crippen LogP contribution in [0.1, 0.15) is 49.7 Å². The lowest BCUT2D eigenvalue weighted by Gasteiger charge is -2.57. The van der Waals surface area contributed by atoms with Crippen LogP contribution in [0.2, 0.25) is 0 Å². The molecule has 63 heavy (non-hydrogen) atoms. The molecule has 11 aromatic rings. The first-order chi connectivity index (χ1) is 31.1. The first-order valence-electron chi connectivity index (χ1n) is 22.8. The third kappa shape index (κ3) is 5.02. The Labute approximate surface area is 365 Å². The van der Waals surface area contributed by atoms with Crippen LogP contribution in [0.15, 0.2) is 176 Å². The maximum Gasteiger partial charge on any atom is 0.0991 e. The lowest BCUT2D eigenvalue weighted by atomic mass is 9.48. The van der Waals surface area contributed by atoms with Crippen LogP contribution < -0.4 is 0 Å². The molecule has 0 saturated heterocycles. The molecule has 8 aromatic carbocycles. The lowest BCUT2D eigenvalue weighted by Crippen LogP contribution is -2.48. The third-order valence-electron chi connectivity index (χ3n) is 15.6. The molecule has 3 heterocycles. The number of aromatic nitrogens is 3. The second kappa shape index (κ2) is 13.1. The third-order valence-corrected chi connectivity index (χ3v) is 15.6. The highest BCUT2D eigenvalue weighted by Crippen LogP contribution is 2.61. The fourth-order valence-corrected chi connectivity index (χ4v) is 13.5. The number of fused-ring (bicyclic) bond motifs is 9. The van der Waals surface area contributed by atoms with E-state index in [0.717, 1.165) is 51.3 Å². The number of benzene rings is 8. The second-order valence-corrected chi connectivity index (χ2v) is 19.1. The Morgan fingerprint density at radius 2 is 0.905 bits per heavy atom. The van der Waals surface area contributed by atoms with Gasteiger partial charge in [-0.15, -0.1) is 0 Å². The maximum absolute atomic E-state index is 10.6. The van der Waals surface area contributed by atoms with Gasteiger partial charge in [0.05, 0.1) is 56.1 Å². The number of hydrogen-bond donors (Lipinski definition) is 0. The molecule has 4 aliphatic carbocycles. The van der Waals surface area contributed by atoms with Crippen molar-refractivity contribution < 1.29 is 0 Å². The van der Waals surface area contributed by atoms with E-state index in [2.05, 4.69) is 190 Å². The summed E-state index contributed by atoms with van der Waals surface area (Å²) in [5.41, 5.74) is 15.1. The summed E-state index contributed by atoms with van der Waals surface area (Å²) in [6, 6.07) is 67.4. The molecule has 4 saturated carbocycles. The Bertz CT molecular complexity index is 3610. The summed E-state index contributed by atoms with van der Waals surface area (Å²) < 4.78 is 7.43. The fourth-order valence-electron chi connectivity index (χ4n) is 13.5. The van der Waals surface area contributed by atoms with Gasteiger partial charge in [0.15, 0.2) is 0 Å². The van der Waals surface area contributed by atoms with Crippen molar-refractivity contribution in [3.63, 3.8) is 0 Å². The summed E-state index contributed by atoms with van der Waals surface area (Å²) >= 11 is 0. The molecular formula is C59H44N4. The summed E-state index contributed by atoms with van der Waals surface area (Å²) in [6.07, 6.45) is 8.03. The summed E-state index contributed by atoms with van der Waals surface area (Å²) in [5, 5.41) is 18.0. The first-order valence-corrected chi connectivity index (χ1v) is 22.8. The highest BCUT2D eigenvalue weighted by atomic mass is 15.0. The summed E-state index contributed by atoms with van der Waals surface area (Å²) in [4.78, 5) is 0. The Morgan fingerprint density at radius 3 is 1.46 bits per heavy atom. The number of rotatable bonds is 5. The summed E-state index contributed by atoms with van der Waals surface area (Å²) in [6.45, 7) is 0. The predicted octanol–water partition coefficient (Wildman–Crippen LogP) is 15.0. The molecule has 0 amide bonds. The Kier molecular flexibility index (Phi) is 7.32. The monoisotopic (exact) mass is 808 g/mol. The van der Waals surface area contributed by atoms with Gasteiger partial charge in [-0.2, -0.15) is 5.26 Å². The largest absolute Gasteiger partial charge is 0.309 e. The van der Waals surface area contributed by atoms with Gasteiger partial charge in [-0.25, -0.2) is 0 Å². The van der Waals surface area contributed by atoms with Crippen molar-refractivity contribution in [1.82, 2.24) is 13.7 Å². The van der Waals surface area contributed by atoms with E-state index in [1.54, 1.807) is 0 Å². The molecule has 300 valence electrons. The van der Waals surface area contributed by atoms with E-state index in [4.69, 9.17) is 0 Å². The molecule has 4 nitrogen and oxygen atoms in total. The molecular weight excluding hydrogens is 765 g/mol. The van der Waals surface area contributed by atoms with Crippen molar-refractivity contribution >= 4 is 65.4 Å². The van der Waals surface area contributed by atoms with Crippen molar-refractivity contribution in [2.75, 3.05) is 0 Å². The quantitative estimate of drug-likeness (QED) is 0.171. The van der Waals surface area contributed by atoms with Crippen LogP contribution in [0.5, 0.6) is 0 Å². The standard InChI is InChI=1S/C59H44N4/c60-36-37-24-25-55(63-54-21-10-5-16-48(54)58-56(22-11-23-57(58)63)62-52-19-8-3-14-46(52)47-15-4-9-20-53(47)62)49(29-37)41-30-42(59-33-38-26-39(34-59)28-40(27-38)35-59)32-43(31-41)61-50-17-6-1-12-44(50)45-13-2-7-18-51(45)61/h1-25,29-32,38-40H,26-28,33-35H2. The molecule has 0 aliphatic heterocycles. The normalized spacial score (nSPS) is 20.5. The molecule has 4 fully saturated rings. The van der Waals surface area contributed by atoms with Gasteiger partial charge in [-0.05, 0) is 146 Å². The van der Waals surface area contributed by atoms with Gasteiger partial charge < -0.3 is 13.7 Å². The van der Waals surface area contributed by atoms with E-state index in [9.17, 15) is 5.26 Å². The first kappa shape index (κ1) is 35.3. The van der Waals surface area contributed by atoms with Gasteiger partial charge in [-0.1, -0.05) is 103 Å². The summed E-state index contributed by atoms with van der Waals surface area (Å²) in [7, 11) is 0. The highest BCUT2D eigenvalue weighted by molar-refractivity contribution is 6.17. The van der Waals surface area contributed by atoms with Crippen LogP contribution in [0.4, 0.5) is 0 Å². The molecule has 0 unspecified atom stereocenters. The zero-order valence-corrected chi connectivity index (χ0v) is 35.0. The Hall–Kier alpha value is -7.35. The van der Waals surface area contributed by atoms with E-state index < -0.39 is 0 Å². The van der Waals surface area contributed by atoms with E-state index in [1.165, 1.54) is 104 Å². The second-order valence-electron chi connectivity index (χ2n) is 19.1. The molecule has 0 spiro atoms. The smallest absolute Gasteiger partial charge is 0.0991 e. The molecule has 0 N–H and O–H groups in total. The van der Waals surface area contributed by atoms with E-state index in [-0.39, 0.29) is 5.41 Å². The Morgan fingerprint density at radius 1 is 0.429 bits per heavy atom. The zero-order valence-electron chi connectivity index (χ0n) is 35.0. The Balaban J connectivity index is 1.06.